The molecule has 0 N–H and O–H groups in total. The highest BCUT2D eigenvalue weighted by Gasteiger charge is 2.35. The van der Waals surface area contributed by atoms with Crippen molar-refractivity contribution in [1.29, 1.82) is 0 Å². The smallest absolute Gasteiger partial charge is 0.266 e. The molecule has 1 saturated heterocycles. The molecule has 2 aliphatic rings. The zero-order valence-electron chi connectivity index (χ0n) is 17.0. The number of aliphatic imine (C=N–C) groups is 1. The number of benzene rings is 1. The summed E-state index contributed by atoms with van der Waals surface area (Å²) in [5.41, 5.74) is 3.47. The van der Waals surface area contributed by atoms with Crippen molar-refractivity contribution in [2.75, 3.05) is 25.0 Å². The molecule has 1 amide bonds. The van der Waals surface area contributed by atoms with Gasteiger partial charge in [-0.05, 0) is 81.1 Å². The van der Waals surface area contributed by atoms with E-state index in [1.54, 1.807) is 4.90 Å². The molecule has 0 aromatic heterocycles. The van der Waals surface area contributed by atoms with E-state index >= 15 is 0 Å². The second-order valence-electron chi connectivity index (χ2n) is 7.83. The number of likely N-dealkylation sites (N-methyl/N-ethyl adjacent to an activating group) is 1. The van der Waals surface area contributed by atoms with Crippen LogP contribution in [0, 0.1) is 0 Å². The van der Waals surface area contributed by atoms with Gasteiger partial charge < -0.3 is 4.90 Å². The molecular formula is C21H28ClN3OS. The Bertz CT molecular complexity index is 831. The van der Waals surface area contributed by atoms with E-state index < -0.39 is 0 Å². The molecule has 2 aliphatic heterocycles. The Balaban J connectivity index is 2.02. The fourth-order valence-electron chi connectivity index (χ4n) is 3.90. The van der Waals surface area contributed by atoms with E-state index in [0.717, 1.165) is 17.2 Å². The van der Waals surface area contributed by atoms with Crippen LogP contribution >= 0.6 is 23.4 Å². The lowest BCUT2D eigenvalue weighted by molar-refractivity contribution is -0.122. The van der Waals surface area contributed by atoms with Gasteiger partial charge in [0.05, 0.1) is 4.91 Å². The van der Waals surface area contributed by atoms with Crippen molar-refractivity contribution < 1.29 is 4.79 Å². The topological polar surface area (TPSA) is 35.9 Å². The third-order valence-corrected chi connectivity index (χ3v) is 6.91. The number of carbonyl (C=O) groups excluding carboxylic acids is 1. The number of anilines is 1. The number of nitrogens with zero attached hydrogens (tertiary/aromatic N) is 3. The molecule has 2 heterocycles. The van der Waals surface area contributed by atoms with Crippen molar-refractivity contribution in [3.05, 3.63) is 33.2 Å². The average molecular weight is 406 g/mol. The number of thioether (sulfide) groups is 1. The first-order valence-corrected chi connectivity index (χ1v) is 10.7. The van der Waals surface area contributed by atoms with Gasteiger partial charge in [-0.1, -0.05) is 18.5 Å². The van der Waals surface area contributed by atoms with Crippen molar-refractivity contribution in [2.45, 2.75) is 52.5 Å². The molecule has 6 heteroatoms. The second-order valence-corrected chi connectivity index (χ2v) is 9.24. The molecular weight excluding hydrogens is 378 g/mol. The molecule has 1 atom stereocenters. The largest absolute Gasteiger partial charge is 0.369 e. The molecule has 3 rings (SSSR count). The Kier molecular flexibility index (Phi) is 5.64. The lowest BCUT2D eigenvalue weighted by atomic mass is 9.80. The first-order valence-electron chi connectivity index (χ1n) is 9.52. The fraction of sp³-hybridized carbons (Fsp3) is 0.524. The summed E-state index contributed by atoms with van der Waals surface area (Å²) in [5, 5.41) is 1.45. The number of hydrogen-bond donors (Lipinski definition) is 0. The van der Waals surface area contributed by atoms with Crippen LogP contribution in [-0.2, 0) is 4.79 Å². The number of amides is 1. The van der Waals surface area contributed by atoms with Gasteiger partial charge in [0, 0.05) is 36.4 Å². The zero-order valence-corrected chi connectivity index (χ0v) is 18.5. The number of fused-ring (bicyclic) bond motifs is 1. The van der Waals surface area contributed by atoms with Crippen molar-refractivity contribution >= 4 is 46.2 Å². The van der Waals surface area contributed by atoms with Crippen LogP contribution in [-0.4, -0.2) is 41.7 Å². The van der Waals surface area contributed by atoms with E-state index in [2.05, 4.69) is 43.8 Å². The van der Waals surface area contributed by atoms with Crippen molar-refractivity contribution in [2.24, 2.45) is 4.99 Å². The fourth-order valence-corrected chi connectivity index (χ4v) is 5.20. The number of rotatable bonds is 3. The van der Waals surface area contributed by atoms with Crippen LogP contribution in [0.2, 0.25) is 5.02 Å². The van der Waals surface area contributed by atoms with Crippen LogP contribution < -0.4 is 4.90 Å². The lowest BCUT2D eigenvalue weighted by Gasteiger charge is -2.45. The van der Waals surface area contributed by atoms with Crippen LogP contribution in [0.15, 0.2) is 22.0 Å². The lowest BCUT2D eigenvalue weighted by Crippen LogP contribution is -2.45. The molecule has 0 saturated carbocycles. The summed E-state index contributed by atoms with van der Waals surface area (Å²) in [5.74, 6) is 0.451. The third-order valence-electron chi connectivity index (χ3n) is 5.54. The number of halogens is 1. The Morgan fingerprint density at radius 2 is 2.07 bits per heavy atom. The Hall–Kier alpha value is -1.46. The van der Waals surface area contributed by atoms with E-state index in [0.29, 0.717) is 28.9 Å². The van der Waals surface area contributed by atoms with Crippen LogP contribution in [0.3, 0.4) is 0 Å². The normalized spacial score (nSPS) is 24.9. The zero-order chi connectivity index (χ0) is 19.9. The van der Waals surface area contributed by atoms with E-state index in [1.165, 1.54) is 23.0 Å². The van der Waals surface area contributed by atoms with E-state index in [9.17, 15) is 4.79 Å². The summed E-state index contributed by atoms with van der Waals surface area (Å²) < 4.78 is 0. The van der Waals surface area contributed by atoms with E-state index in [4.69, 9.17) is 11.6 Å². The summed E-state index contributed by atoms with van der Waals surface area (Å²) in [6.45, 7) is 12.0. The van der Waals surface area contributed by atoms with Crippen LogP contribution in [0.1, 0.15) is 58.1 Å². The molecule has 146 valence electrons. The van der Waals surface area contributed by atoms with Crippen molar-refractivity contribution in [3.8, 4) is 0 Å². The van der Waals surface area contributed by atoms with Gasteiger partial charge in [-0.15, -0.1) is 0 Å². The van der Waals surface area contributed by atoms with Crippen LogP contribution in [0.4, 0.5) is 5.69 Å². The molecule has 1 aromatic rings. The van der Waals surface area contributed by atoms with Gasteiger partial charge in [0.2, 0.25) is 0 Å². The molecule has 27 heavy (non-hydrogen) atoms. The molecule has 1 fully saturated rings. The molecule has 0 radical (unpaired) electrons. The maximum Gasteiger partial charge on any atom is 0.266 e. The standard InChI is InChI=1S/C21H28ClN3OS/c1-7-23-20-25(8-2)19(26)18(27-20)10-14-9-15-13(3)12-21(4,5)24(6)17(15)11-16(14)22/h9-11,13H,7-8,12H2,1-6H3/b18-10-,23-20?/t13-/m0/s1. The van der Waals surface area contributed by atoms with Gasteiger partial charge >= 0.3 is 0 Å². The summed E-state index contributed by atoms with van der Waals surface area (Å²) >= 11 is 8.06. The first-order chi connectivity index (χ1) is 12.7. The summed E-state index contributed by atoms with van der Waals surface area (Å²) in [7, 11) is 2.13. The van der Waals surface area contributed by atoms with Gasteiger partial charge in [0.15, 0.2) is 5.17 Å². The van der Waals surface area contributed by atoms with Crippen LogP contribution in [0.5, 0.6) is 0 Å². The summed E-state index contributed by atoms with van der Waals surface area (Å²) in [6, 6.07) is 4.20. The van der Waals surface area contributed by atoms with E-state index in [1.807, 2.05) is 26.0 Å². The number of carbonyl (C=O) groups is 1. The maximum atomic E-state index is 12.7. The second kappa shape index (κ2) is 7.51. The minimum Gasteiger partial charge on any atom is -0.369 e. The van der Waals surface area contributed by atoms with Crippen molar-refractivity contribution in [1.82, 2.24) is 4.90 Å². The first kappa shape index (κ1) is 20.3. The molecule has 4 nitrogen and oxygen atoms in total. The summed E-state index contributed by atoms with van der Waals surface area (Å²) in [4.78, 5) is 21.9. The number of amidine groups is 1. The number of hydrogen-bond acceptors (Lipinski definition) is 4. The highest BCUT2D eigenvalue weighted by Crippen LogP contribution is 2.45. The Labute approximate surface area is 171 Å². The average Bonchev–Trinajstić information content (AvgIpc) is 2.89. The molecule has 0 bridgehead atoms. The Morgan fingerprint density at radius 3 is 2.70 bits per heavy atom. The predicted octanol–water partition coefficient (Wildman–Crippen LogP) is 5.37. The van der Waals surface area contributed by atoms with Gasteiger partial charge in [-0.3, -0.25) is 14.7 Å². The molecule has 1 aromatic carbocycles. The molecule has 0 unspecified atom stereocenters. The predicted molar refractivity (Wildman–Crippen MR) is 118 cm³/mol. The van der Waals surface area contributed by atoms with Gasteiger partial charge in [0.1, 0.15) is 0 Å². The summed E-state index contributed by atoms with van der Waals surface area (Å²) in [6.07, 6.45) is 3.00. The minimum atomic E-state index is 0.00906. The Morgan fingerprint density at radius 1 is 1.37 bits per heavy atom. The van der Waals surface area contributed by atoms with Gasteiger partial charge in [0.25, 0.3) is 5.91 Å². The monoisotopic (exact) mass is 405 g/mol. The third kappa shape index (κ3) is 3.64. The minimum absolute atomic E-state index is 0.00906. The van der Waals surface area contributed by atoms with Gasteiger partial charge in [-0.25, -0.2) is 0 Å². The van der Waals surface area contributed by atoms with Crippen LogP contribution in [0.25, 0.3) is 6.08 Å². The highest BCUT2D eigenvalue weighted by atomic mass is 35.5. The van der Waals surface area contributed by atoms with Gasteiger partial charge in [-0.2, -0.15) is 0 Å². The highest BCUT2D eigenvalue weighted by molar-refractivity contribution is 8.18. The van der Waals surface area contributed by atoms with E-state index in [-0.39, 0.29) is 11.4 Å². The van der Waals surface area contributed by atoms with Crippen molar-refractivity contribution in [3.63, 3.8) is 0 Å². The molecule has 0 spiro atoms. The maximum absolute atomic E-state index is 12.7. The SMILES string of the molecule is CCN=C1S/C(=C\c2cc3c(cc2Cl)N(C)C(C)(C)C[C@@H]3C)C(=O)N1CC. The quantitative estimate of drug-likeness (QED) is 0.634. The molecule has 0 aliphatic carbocycles.